The molecule has 17 heavy (non-hydrogen) atoms. The highest BCUT2D eigenvalue weighted by atomic mass is 35.5. The number of ether oxygens (including phenoxy) is 1. The van der Waals surface area contributed by atoms with Crippen molar-refractivity contribution in [2.75, 3.05) is 31.6 Å². The van der Waals surface area contributed by atoms with Crippen LogP contribution in [0.3, 0.4) is 0 Å². The minimum Gasteiger partial charge on any atom is -0.365 e. The summed E-state index contributed by atoms with van der Waals surface area (Å²) < 4.78 is 5.38. The Labute approximate surface area is 104 Å². The molecule has 0 bridgehead atoms. The molecule has 1 aromatic heterocycles. The highest BCUT2D eigenvalue weighted by Gasteiger charge is 2.26. The minimum atomic E-state index is -0.466. The molecule has 0 saturated carbocycles. The van der Waals surface area contributed by atoms with E-state index in [4.69, 9.17) is 16.3 Å². The third-order valence-corrected chi connectivity index (χ3v) is 2.75. The number of halogens is 1. The van der Waals surface area contributed by atoms with Crippen molar-refractivity contribution >= 4 is 23.3 Å². The van der Waals surface area contributed by atoms with E-state index in [2.05, 4.69) is 15.5 Å². The van der Waals surface area contributed by atoms with Gasteiger partial charge in [-0.05, 0) is 12.1 Å². The van der Waals surface area contributed by atoms with Crippen molar-refractivity contribution in [3.05, 3.63) is 17.3 Å². The van der Waals surface area contributed by atoms with Gasteiger partial charge in [-0.2, -0.15) is 0 Å². The number of rotatable bonds is 2. The molecule has 7 heteroatoms. The van der Waals surface area contributed by atoms with Crippen LogP contribution in [0.5, 0.6) is 0 Å². The molecule has 1 aliphatic heterocycles. The maximum absolute atomic E-state index is 11.5. The second-order valence-electron chi connectivity index (χ2n) is 3.63. The number of morpholine rings is 1. The number of carbonyl (C=O) groups excluding carboxylic acids is 1. The molecule has 2 heterocycles. The summed E-state index contributed by atoms with van der Waals surface area (Å²) in [5, 5.41) is 10.7. The molecule has 0 aromatic carbocycles. The fourth-order valence-electron chi connectivity index (χ4n) is 1.65. The number of anilines is 1. The summed E-state index contributed by atoms with van der Waals surface area (Å²) in [4.78, 5) is 13.4. The number of carbonyl (C=O) groups is 1. The van der Waals surface area contributed by atoms with Crippen LogP contribution in [-0.4, -0.2) is 49.0 Å². The Kier molecular flexibility index (Phi) is 3.75. The Morgan fingerprint density at radius 2 is 2.41 bits per heavy atom. The number of amides is 1. The van der Waals surface area contributed by atoms with E-state index in [1.807, 2.05) is 4.90 Å². The maximum atomic E-state index is 11.5. The highest BCUT2D eigenvalue weighted by Crippen LogP contribution is 2.15. The Balaban J connectivity index is 2.06. The van der Waals surface area contributed by atoms with Crippen molar-refractivity contribution in [3.8, 4) is 0 Å². The molecular weight excluding hydrogens is 244 g/mol. The smallest absolute Gasteiger partial charge is 0.250 e. The van der Waals surface area contributed by atoms with Crippen molar-refractivity contribution in [2.24, 2.45) is 0 Å². The predicted molar refractivity (Wildman–Crippen MR) is 63.1 cm³/mol. The second-order valence-corrected chi connectivity index (χ2v) is 4.02. The van der Waals surface area contributed by atoms with Crippen LogP contribution >= 0.6 is 11.6 Å². The third-order valence-electron chi connectivity index (χ3n) is 2.55. The average Bonchev–Trinajstić information content (AvgIpc) is 2.39. The lowest BCUT2D eigenvalue weighted by molar-refractivity contribution is -0.132. The van der Waals surface area contributed by atoms with Crippen LogP contribution in [0.2, 0.25) is 5.15 Å². The molecule has 0 radical (unpaired) electrons. The lowest BCUT2D eigenvalue weighted by Crippen LogP contribution is -2.49. The SMILES string of the molecule is CNC(=O)[C@@H]1CN(c2ccc(Cl)nn2)CCO1. The lowest BCUT2D eigenvalue weighted by atomic mass is 10.2. The number of hydrogen-bond acceptors (Lipinski definition) is 5. The first kappa shape index (κ1) is 12.1. The minimum absolute atomic E-state index is 0.128. The molecule has 1 fully saturated rings. The molecule has 1 aromatic rings. The molecule has 0 unspecified atom stereocenters. The van der Waals surface area contributed by atoms with Gasteiger partial charge in [0.15, 0.2) is 17.1 Å². The van der Waals surface area contributed by atoms with Crippen LogP contribution < -0.4 is 10.2 Å². The van der Waals surface area contributed by atoms with Crippen molar-refractivity contribution in [2.45, 2.75) is 6.10 Å². The summed E-state index contributed by atoms with van der Waals surface area (Å²) in [6.07, 6.45) is -0.466. The number of aromatic nitrogens is 2. The van der Waals surface area contributed by atoms with Gasteiger partial charge in [-0.1, -0.05) is 11.6 Å². The molecule has 92 valence electrons. The summed E-state index contributed by atoms with van der Waals surface area (Å²) >= 11 is 5.67. The Bertz CT molecular complexity index is 398. The highest BCUT2D eigenvalue weighted by molar-refractivity contribution is 6.29. The van der Waals surface area contributed by atoms with Gasteiger partial charge in [0.25, 0.3) is 5.91 Å². The molecule has 1 N–H and O–H groups in total. The van der Waals surface area contributed by atoms with Crippen LogP contribution in [0.25, 0.3) is 0 Å². The Morgan fingerprint density at radius 3 is 3.06 bits per heavy atom. The van der Waals surface area contributed by atoms with E-state index in [-0.39, 0.29) is 5.91 Å². The van der Waals surface area contributed by atoms with Crippen molar-refractivity contribution < 1.29 is 9.53 Å². The van der Waals surface area contributed by atoms with Gasteiger partial charge in [-0.25, -0.2) is 0 Å². The largest absolute Gasteiger partial charge is 0.365 e. The number of likely N-dealkylation sites (N-methyl/N-ethyl adjacent to an activating group) is 1. The molecule has 0 aliphatic carbocycles. The van der Waals surface area contributed by atoms with Crippen LogP contribution in [0.4, 0.5) is 5.82 Å². The molecular formula is C10H13ClN4O2. The Hall–Kier alpha value is -1.40. The first-order chi connectivity index (χ1) is 8.20. The summed E-state index contributed by atoms with van der Waals surface area (Å²) in [7, 11) is 1.59. The number of nitrogens with one attached hydrogen (secondary N) is 1. The molecule has 1 saturated heterocycles. The fraction of sp³-hybridized carbons (Fsp3) is 0.500. The van der Waals surface area contributed by atoms with Crippen molar-refractivity contribution in [1.29, 1.82) is 0 Å². The van der Waals surface area contributed by atoms with E-state index in [1.165, 1.54) is 0 Å². The number of hydrogen-bond donors (Lipinski definition) is 1. The van der Waals surface area contributed by atoms with Gasteiger partial charge in [0.05, 0.1) is 13.2 Å². The average molecular weight is 257 g/mol. The van der Waals surface area contributed by atoms with E-state index in [0.29, 0.717) is 30.7 Å². The lowest BCUT2D eigenvalue weighted by Gasteiger charge is -2.32. The molecule has 6 nitrogen and oxygen atoms in total. The van der Waals surface area contributed by atoms with Crippen molar-refractivity contribution in [1.82, 2.24) is 15.5 Å². The molecule has 1 atom stereocenters. The first-order valence-electron chi connectivity index (χ1n) is 5.28. The van der Waals surface area contributed by atoms with Gasteiger partial charge in [0.2, 0.25) is 0 Å². The maximum Gasteiger partial charge on any atom is 0.250 e. The molecule has 1 aliphatic rings. The summed E-state index contributed by atoms with van der Waals surface area (Å²) in [5.74, 6) is 0.572. The van der Waals surface area contributed by atoms with Crippen LogP contribution in [-0.2, 0) is 9.53 Å². The molecule has 2 rings (SSSR count). The summed E-state index contributed by atoms with van der Waals surface area (Å²) in [5.41, 5.74) is 0. The summed E-state index contributed by atoms with van der Waals surface area (Å²) in [6.45, 7) is 1.64. The van der Waals surface area contributed by atoms with E-state index in [9.17, 15) is 4.79 Å². The Morgan fingerprint density at radius 1 is 1.59 bits per heavy atom. The predicted octanol–water partition coefficient (Wildman–Crippen LogP) is 0.0812. The topological polar surface area (TPSA) is 67.4 Å². The normalized spacial score (nSPS) is 20.1. The van der Waals surface area contributed by atoms with E-state index < -0.39 is 6.10 Å². The van der Waals surface area contributed by atoms with Gasteiger partial charge in [-0.3, -0.25) is 4.79 Å². The zero-order valence-electron chi connectivity index (χ0n) is 9.39. The number of nitrogens with zero attached hydrogens (tertiary/aromatic N) is 3. The van der Waals surface area contributed by atoms with Gasteiger partial charge in [0.1, 0.15) is 0 Å². The molecule has 1 amide bonds. The van der Waals surface area contributed by atoms with E-state index >= 15 is 0 Å². The second kappa shape index (κ2) is 5.29. The standard InChI is InChI=1S/C10H13ClN4O2/c1-12-10(16)7-6-15(4-5-17-7)9-3-2-8(11)13-14-9/h2-3,7H,4-6H2,1H3,(H,12,16)/t7-/m0/s1. The van der Waals surface area contributed by atoms with Crippen molar-refractivity contribution in [3.63, 3.8) is 0 Å². The van der Waals surface area contributed by atoms with Crippen LogP contribution in [0.1, 0.15) is 0 Å². The summed E-state index contributed by atoms with van der Waals surface area (Å²) in [6, 6.07) is 3.45. The van der Waals surface area contributed by atoms with Crippen LogP contribution in [0.15, 0.2) is 12.1 Å². The zero-order chi connectivity index (χ0) is 12.3. The van der Waals surface area contributed by atoms with E-state index in [0.717, 1.165) is 0 Å². The third kappa shape index (κ3) is 2.83. The fourth-order valence-corrected chi connectivity index (χ4v) is 1.76. The van der Waals surface area contributed by atoms with Gasteiger partial charge in [0, 0.05) is 13.6 Å². The first-order valence-corrected chi connectivity index (χ1v) is 5.66. The van der Waals surface area contributed by atoms with Gasteiger partial charge in [-0.15, -0.1) is 10.2 Å². The van der Waals surface area contributed by atoms with Gasteiger partial charge < -0.3 is 15.0 Å². The van der Waals surface area contributed by atoms with Crippen LogP contribution in [0, 0.1) is 0 Å². The quantitative estimate of drug-likeness (QED) is 0.812. The zero-order valence-corrected chi connectivity index (χ0v) is 10.1. The van der Waals surface area contributed by atoms with Gasteiger partial charge >= 0.3 is 0 Å². The monoisotopic (exact) mass is 256 g/mol. The van der Waals surface area contributed by atoms with E-state index in [1.54, 1.807) is 19.2 Å². The molecule has 0 spiro atoms.